The highest BCUT2D eigenvalue weighted by Gasteiger charge is 2.24. The van der Waals surface area contributed by atoms with E-state index in [2.05, 4.69) is 0 Å². The average Bonchev–Trinajstić information content (AvgIpc) is 2.36. The molecule has 1 unspecified atom stereocenters. The molecule has 2 N–H and O–H groups in total. The van der Waals surface area contributed by atoms with E-state index < -0.39 is 5.60 Å². The molecule has 0 amide bonds. The molecule has 94 valence electrons. The van der Waals surface area contributed by atoms with E-state index in [0.717, 1.165) is 11.3 Å². The van der Waals surface area contributed by atoms with Crippen molar-refractivity contribution in [3.63, 3.8) is 0 Å². The molecule has 17 heavy (non-hydrogen) atoms. The predicted molar refractivity (Wildman–Crippen MR) is 63.3 cm³/mol. The Morgan fingerprint density at radius 1 is 1.24 bits per heavy atom. The molecule has 1 atom stereocenters. The Balaban J connectivity index is 2.20. The van der Waals surface area contributed by atoms with Gasteiger partial charge in [0.1, 0.15) is 13.2 Å². The highest BCUT2D eigenvalue weighted by molar-refractivity contribution is 5.45. The minimum atomic E-state index is -0.946. The second-order valence-electron chi connectivity index (χ2n) is 4.46. The van der Waals surface area contributed by atoms with Crippen LogP contribution in [0, 0.1) is 0 Å². The van der Waals surface area contributed by atoms with Crippen molar-refractivity contribution in [3.05, 3.63) is 23.8 Å². The molecule has 0 aromatic heterocycles. The third-order valence-electron chi connectivity index (χ3n) is 2.99. The van der Waals surface area contributed by atoms with Gasteiger partial charge < -0.3 is 19.7 Å². The van der Waals surface area contributed by atoms with Crippen molar-refractivity contribution in [2.45, 2.75) is 25.4 Å². The molecular weight excluding hydrogens is 220 g/mol. The largest absolute Gasteiger partial charge is 0.486 e. The molecule has 0 radical (unpaired) electrons. The van der Waals surface area contributed by atoms with Crippen LogP contribution in [0.15, 0.2) is 18.2 Å². The van der Waals surface area contributed by atoms with E-state index in [-0.39, 0.29) is 6.61 Å². The lowest BCUT2D eigenvalue weighted by atomic mass is 9.91. The minimum absolute atomic E-state index is 0.0840. The van der Waals surface area contributed by atoms with Crippen LogP contribution >= 0.6 is 0 Å². The number of hydrogen-bond acceptors (Lipinski definition) is 4. The number of ether oxygens (including phenoxy) is 2. The average molecular weight is 238 g/mol. The van der Waals surface area contributed by atoms with E-state index in [1.54, 1.807) is 6.92 Å². The number of hydrogen-bond donors (Lipinski definition) is 2. The normalized spacial score (nSPS) is 17.6. The topological polar surface area (TPSA) is 58.9 Å². The summed E-state index contributed by atoms with van der Waals surface area (Å²) in [5.74, 6) is 1.40. The van der Waals surface area contributed by atoms with Gasteiger partial charge in [0.25, 0.3) is 0 Å². The number of aliphatic hydroxyl groups is 2. The fourth-order valence-electron chi connectivity index (χ4n) is 1.95. The van der Waals surface area contributed by atoms with Crippen LogP contribution in [0.1, 0.15) is 25.3 Å². The van der Waals surface area contributed by atoms with Gasteiger partial charge in [-0.2, -0.15) is 0 Å². The third-order valence-corrected chi connectivity index (χ3v) is 2.99. The quantitative estimate of drug-likeness (QED) is 0.833. The molecule has 0 saturated carbocycles. The molecule has 1 aliphatic rings. The summed E-state index contributed by atoms with van der Waals surface area (Å²) in [7, 11) is 0. The fraction of sp³-hybridized carbons (Fsp3) is 0.538. The summed E-state index contributed by atoms with van der Waals surface area (Å²) in [5, 5.41) is 19.1. The Morgan fingerprint density at radius 3 is 2.65 bits per heavy atom. The van der Waals surface area contributed by atoms with Gasteiger partial charge in [-0.1, -0.05) is 6.07 Å². The first kappa shape index (κ1) is 12.2. The molecule has 4 nitrogen and oxygen atoms in total. The van der Waals surface area contributed by atoms with Gasteiger partial charge in [0, 0.05) is 6.61 Å². The molecule has 0 aliphatic carbocycles. The summed E-state index contributed by atoms with van der Waals surface area (Å²) in [5.41, 5.74) is -0.159. The van der Waals surface area contributed by atoms with E-state index in [4.69, 9.17) is 14.6 Å². The van der Waals surface area contributed by atoms with Gasteiger partial charge in [-0.25, -0.2) is 0 Å². The number of aliphatic hydroxyl groups excluding tert-OH is 1. The third kappa shape index (κ3) is 2.70. The molecular formula is C13H18O4. The first-order valence-electron chi connectivity index (χ1n) is 5.87. The Labute approximate surface area is 101 Å². The number of benzene rings is 1. The van der Waals surface area contributed by atoms with Crippen molar-refractivity contribution < 1.29 is 19.7 Å². The van der Waals surface area contributed by atoms with E-state index in [1.165, 1.54) is 0 Å². The van der Waals surface area contributed by atoms with Crippen molar-refractivity contribution in [3.8, 4) is 11.5 Å². The number of rotatable bonds is 4. The van der Waals surface area contributed by atoms with Crippen LogP contribution < -0.4 is 9.47 Å². The van der Waals surface area contributed by atoms with Gasteiger partial charge in [-0.3, -0.25) is 0 Å². The molecule has 0 bridgehead atoms. The molecule has 1 heterocycles. The maximum Gasteiger partial charge on any atom is 0.161 e. The van der Waals surface area contributed by atoms with Crippen LogP contribution in [-0.2, 0) is 5.60 Å². The van der Waals surface area contributed by atoms with Crippen molar-refractivity contribution in [2.75, 3.05) is 19.8 Å². The molecule has 1 aromatic rings. The van der Waals surface area contributed by atoms with Crippen molar-refractivity contribution in [2.24, 2.45) is 0 Å². The maximum absolute atomic E-state index is 10.3. The summed E-state index contributed by atoms with van der Waals surface area (Å²) in [6, 6.07) is 5.47. The molecule has 2 rings (SSSR count). The highest BCUT2D eigenvalue weighted by Crippen LogP contribution is 2.35. The maximum atomic E-state index is 10.3. The van der Waals surface area contributed by atoms with Crippen LogP contribution in [-0.4, -0.2) is 30.0 Å². The standard InChI is InChI=1S/C13H18O4/c1-13(15,5-2-6-14)10-3-4-11-12(9-10)17-8-7-16-11/h3-4,9,14-15H,2,5-8H2,1H3. The Morgan fingerprint density at radius 2 is 1.94 bits per heavy atom. The van der Waals surface area contributed by atoms with Crippen molar-refractivity contribution in [1.29, 1.82) is 0 Å². The van der Waals surface area contributed by atoms with E-state index in [0.29, 0.717) is 31.8 Å². The zero-order valence-electron chi connectivity index (χ0n) is 9.98. The minimum Gasteiger partial charge on any atom is -0.486 e. The van der Waals surface area contributed by atoms with Crippen LogP contribution in [0.5, 0.6) is 11.5 Å². The van der Waals surface area contributed by atoms with Crippen LogP contribution in [0.2, 0.25) is 0 Å². The highest BCUT2D eigenvalue weighted by atomic mass is 16.6. The van der Waals surface area contributed by atoms with E-state index >= 15 is 0 Å². The smallest absolute Gasteiger partial charge is 0.161 e. The number of fused-ring (bicyclic) bond motifs is 1. The summed E-state index contributed by atoms with van der Waals surface area (Å²) < 4.78 is 10.9. The van der Waals surface area contributed by atoms with Gasteiger partial charge in [0.15, 0.2) is 11.5 Å². The van der Waals surface area contributed by atoms with Gasteiger partial charge in [0.05, 0.1) is 5.60 Å². The van der Waals surface area contributed by atoms with Crippen LogP contribution in [0.4, 0.5) is 0 Å². The Hall–Kier alpha value is -1.26. The van der Waals surface area contributed by atoms with Crippen molar-refractivity contribution in [1.82, 2.24) is 0 Å². The van der Waals surface area contributed by atoms with E-state index in [1.807, 2.05) is 18.2 Å². The summed E-state index contributed by atoms with van der Waals surface area (Å²) in [6.07, 6.45) is 1.09. The SMILES string of the molecule is CC(O)(CCCO)c1ccc2c(c1)OCCO2. The molecule has 0 fully saturated rings. The Kier molecular flexibility index (Phi) is 3.54. The summed E-state index contributed by atoms with van der Waals surface area (Å²) in [4.78, 5) is 0. The molecule has 4 heteroatoms. The second kappa shape index (κ2) is 4.94. The van der Waals surface area contributed by atoms with Gasteiger partial charge in [0.2, 0.25) is 0 Å². The van der Waals surface area contributed by atoms with Crippen molar-refractivity contribution >= 4 is 0 Å². The second-order valence-corrected chi connectivity index (χ2v) is 4.46. The lowest BCUT2D eigenvalue weighted by Gasteiger charge is -2.26. The zero-order valence-corrected chi connectivity index (χ0v) is 9.98. The van der Waals surface area contributed by atoms with Gasteiger partial charge >= 0.3 is 0 Å². The fourth-order valence-corrected chi connectivity index (χ4v) is 1.95. The van der Waals surface area contributed by atoms with Crippen LogP contribution in [0.3, 0.4) is 0 Å². The lowest BCUT2D eigenvalue weighted by Crippen LogP contribution is -2.22. The molecule has 1 aromatic carbocycles. The zero-order chi connectivity index (χ0) is 12.3. The Bertz CT molecular complexity index is 387. The lowest BCUT2D eigenvalue weighted by molar-refractivity contribution is 0.0397. The van der Waals surface area contributed by atoms with Gasteiger partial charge in [-0.05, 0) is 37.5 Å². The monoisotopic (exact) mass is 238 g/mol. The van der Waals surface area contributed by atoms with Crippen LogP contribution in [0.25, 0.3) is 0 Å². The van der Waals surface area contributed by atoms with Gasteiger partial charge in [-0.15, -0.1) is 0 Å². The summed E-state index contributed by atoms with van der Waals surface area (Å²) >= 11 is 0. The van der Waals surface area contributed by atoms with E-state index in [9.17, 15) is 5.11 Å². The summed E-state index contributed by atoms with van der Waals surface area (Å²) in [6.45, 7) is 2.93. The molecule has 0 saturated heterocycles. The first-order valence-corrected chi connectivity index (χ1v) is 5.87. The predicted octanol–water partition coefficient (Wildman–Crippen LogP) is 1.44. The first-order chi connectivity index (χ1) is 8.13. The molecule has 1 aliphatic heterocycles. The molecule has 0 spiro atoms.